The van der Waals surface area contributed by atoms with Gasteiger partial charge in [0.05, 0.1) is 14.2 Å². The van der Waals surface area contributed by atoms with Gasteiger partial charge in [0, 0.05) is 0 Å². The lowest BCUT2D eigenvalue weighted by atomic mass is 10.1. The Hall–Kier alpha value is -1.14. The van der Waals surface area contributed by atoms with E-state index in [1.807, 2.05) is 0 Å². The van der Waals surface area contributed by atoms with Crippen LogP contribution in [0.1, 0.15) is 27.7 Å². The van der Waals surface area contributed by atoms with E-state index in [0.29, 0.717) is 0 Å². The SMILES string of the molecule is COC(=O)C(C)(C)NNC(C)(C)C(=O)OC. The van der Waals surface area contributed by atoms with Crippen LogP contribution in [0, 0.1) is 0 Å². The molecule has 0 rings (SSSR count). The largest absolute Gasteiger partial charge is 0.468 e. The maximum absolute atomic E-state index is 11.3. The Kier molecular flexibility index (Phi) is 4.89. The molecule has 0 heterocycles. The summed E-state index contributed by atoms with van der Waals surface area (Å²) in [5, 5.41) is 0. The van der Waals surface area contributed by atoms with Gasteiger partial charge in [-0.3, -0.25) is 9.59 Å². The van der Waals surface area contributed by atoms with Gasteiger partial charge in [-0.1, -0.05) is 0 Å². The summed E-state index contributed by atoms with van der Waals surface area (Å²) in [4.78, 5) is 22.7. The zero-order chi connectivity index (χ0) is 13.0. The second kappa shape index (κ2) is 5.27. The number of rotatable bonds is 5. The summed E-state index contributed by atoms with van der Waals surface area (Å²) in [6.45, 7) is 6.55. The van der Waals surface area contributed by atoms with E-state index in [-0.39, 0.29) is 0 Å². The molecule has 0 saturated carbocycles. The van der Waals surface area contributed by atoms with E-state index in [1.54, 1.807) is 27.7 Å². The number of nitrogens with one attached hydrogen (secondary N) is 2. The number of esters is 2. The molecule has 0 amide bonds. The van der Waals surface area contributed by atoms with Crippen LogP contribution in [0.5, 0.6) is 0 Å². The fourth-order valence-corrected chi connectivity index (χ4v) is 0.925. The van der Waals surface area contributed by atoms with Gasteiger partial charge in [0.25, 0.3) is 0 Å². The highest BCUT2D eigenvalue weighted by molar-refractivity contribution is 5.81. The highest BCUT2D eigenvalue weighted by atomic mass is 16.5. The zero-order valence-corrected chi connectivity index (χ0v) is 10.6. The van der Waals surface area contributed by atoms with Crippen molar-refractivity contribution in [1.82, 2.24) is 10.9 Å². The van der Waals surface area contributed by atoms with Crippen molar-refractivity contribution in [2.45, 2.75) is 38.8 Å². The lowest BCUT2D eigenvalue weighted by Gasteiger charge is -2.30. The Morgan fingerprint density at radius 3 is 1.25 bits per heavy atom. The van der Waals surface area contributed by atoms with Crippen LogP contribution in [-0.2, 0) is 19.1 Å². The zero-order valence-electron chi connectivity index (χ0n) is 10.6. The monoisotopic (exact) mass is 232 g/mol. The van der Waals surface area contributed by atoms with Crippen LogP contribution in [-0.4, -0.2) is 37.2 Å². The number of carbonyl (C=O) groups excluding carboxylic acids is 2. The molecule has 0 aliphatic carbocycles. The minimum atomic E-state index is -0.931. The molecular weight excluding hydrogens is 212 g/mol. The molecule has 6 heteroatoms. The van der Waals surface area contributed by atoms with Crippen LogP contribution < -0.4 is 10.9 Å². The quantitative estimate of drug-likeness (QED) is 0.512. The van der Waals surface area contributed by atoms with Crippen LogP contribution in [0.15, 0.2) is 0 Å². The first-order chi connectivity index (χ1) is 7.17. The summed E-state index contributed by atoms with van der Waals surface area (Å²) < 4.78 is 9.22. The number of ether oxygens (including phenoxy) is 2. The number of hydrogen-bond acceptors (Lipinski definition) is 6. The van der Waals surface area contributed by atoms with E-state index in [4.69, 9.17) is 0 Å². The molecule has 0 aromatic heterocycles. The lowest BCUT2D eigenvalue weighted by molar-refractivity contribution is -0.151. The van der Waals surface area contributed by atoms with Crippen molar-refractivity contribution in [1.29, 1.82) is 0 Å². The fourth-order valence-electron chi connectivity index (χ4n) is 0.925. The molecule has 0 bridgehead atoms. The van der Waals surface area contributed by atoms with Crippen LogP contribution in [0.3, 0.4) is 0 Å². The number of hydrogen-bond donors (Lipinski definition) is 2. The summed E-state index contributed by atoms with van der Waals surface area (Å²) in [7, 11) is 2.61. The normalized spacial score (nSPS) is 12.1. The van der Waals surface area contributed by atoms with Gasteiger partial charge in [0.2, 0.25) is 0 Å². The summed E-state index contributed by atoms with van der Waals surface area (Å²) in [6.07, 6.45) is 0. The Balaban J connectivity index is 4.44. The number of methoxy groups -OCH3 is 2. The third-order valence-corrected chi connectivity index (χ3v) is 2.08. The molecule has 0 aliphatic heterocycles. The van der Waals surface area contributed by atoms with Crippen LogP contribution >= 0.6 is 0 Å². The van der Waals surface area contributed by atoms with Crippen molar-refractivity contribution in [3.63, 3.8) is 0 Å². The molecule has 2 N–H and O–H groups in total. The summed E-state index contributed by atoms with van der Waals surface area (Å²) in [5.41, 5.74) is 3.62. The maximum Gasteiger partial charge on any atom is 0.326 e. The smallest absolute Gasteiger partial charge is 0.326 e. The molecule has 94 valence electrons. The lowest BCUT2D eigenvalue weighted by Crippen LogP contribution is -2.62. The van der Waals surface area contributed by atoms with Gasteiger partial charge in [-0.05, 0) is 27.7 Å². The molecule has 0 radical (unpaired) electrons. The predicted molar refractivity (Wildman–Crippen MR) is 58.5 cm³/mol. The third kappa shape index (κ3) is 3.79. The second-order valence-electron chi connectivity index (χ2n) is 4.48. The van der Waals surface area contributed by atoms with Crippen molar-refractivity contribution in [3.8, 4) is 0 Å². The standard InChI is InChI=1S/C10H20N2O4/c1-9(2,7(13)15-5)11-12-10(3,4)8(14)16-6/h11-12H,1-6H3. The molecule has 0 aliphatic rings. The first-order valence-electron chi connectivity index (χ1n) is 4.88. The summed E-state index contributed by atoms with van der Waals surface area (Å²) >= 11 is 0. The Morgan fingerprint density at radius 2 is 1.06 bits per heavy atom. The topological polar surface area (TPSA) is 76.7 Å². The van der Waals surface area contributed by atoms with E-state index in [1.165, 1.54) is 14.2 Å². The van der Waals surface area contributed by atoms with E-state index >= 15 is 0 Å². The van der Waals surface area contributed by atoms with Gasteiger partial charge in [0.15, 0.2) is 0 Å². The van der Waals surface area contributed by atoms with Gasteiger partial charge < -0.3 is 9.47 Å². The van der Waals surface area contributed by atoms with Gasteiger partial charge in [0.1, 0.15) is 11.1 Å². The molecular formula is C10H20N2O4. The van der Waals surface area contributed by atoms with E-state index in [9.17, 15) is 9.59 Å². The van der Waals surface area contributed by atoms with Gasteiger partial charge in [-0.15, -0.1) is 0 Å². The number of hydrazine groups is 1. The van der Waals surface area contributed by atoms with Crippen LogP contribution in [0.4, 0.5) is 0 Å². The Bertz CT molecular complexity index is 246. The highest BCUT2D eigenvalue weighted by Gasteiger charge is 2.34. The Labute approximate surface area is 95.6 Å². The van der Waals surface area contributed by atoms with Gasteiger partial charge in [-0.25, -0.2) is 10.9 Å². The predicted octanol–water partition coefficient (Wildman–Crippen LogP) is -0.0162. The van der Waals surface area contributed by atoms with E-state index in [2.05, 4.69) is 20.3 Å². The molecule has 0 fully saturated rings. The highest BCUT2D eigenvalue weighted by Crippen LogP contribution is 2.07. The first kappa shape index (κ1) is 14.9. The average Bonchev–Trinajstić information content (AvgIpc) is 2.24. The van der Waals surface area contributed by atoms with Crippen molar-refractivity contribution in [2.24, 2.45) is 0 Å². The molecule has 16 heavy (non-hydrogen) atoms. The fraction of sp³-hybridized carbons (Fsp3) is 0.800. The molecule has 0 saturated heterocycles. The van der Waals surface area contributed by atoms with Crippen molar-refractivity contribution >= 4 is 11.9 Å². The minimum absolute atomic E-state index is 0.430. The first-order valence-corrected chi connectivity index (χ1v) is 4.88. The third-order valence-electron chi connectivity index (χ3n) is 2.08. The average molecular weight is 232 g/mol. The molecule has 0 unspecified atom stereocenters. The van der Waals surface area contributed by atoms with E-state index in [0.717, 1.165) is 0 Å². The molecule has 0 aromatic rings. The van der Waals surface area contributed by atoms with Gasteiger partial charge in [-0.2, -0.15) is 0 Å². The van der Waals surface area contributed by atoms with Crippen molar-refractivity contribution in [2.75, 3.05) is 14.2 Å². The minimum Gasteiger partial charge on any atom is -0.468 e. The van der Waals surface area contributed by atoms with Crippen molar-refractivity contribution in [3.05, 3.63) is 0 Å². The summed E-state index contributed by atoms with van der Waals surface area (Å²) in [6, 6.07) is 0. The second-order valence-corrected chi connectivity index (χ2v) is 4.48. The molecule has 0 atom stereocenters. The summed E-state index contributed by atoms with van der Waals surface area (Å²) in [5.74, 6) is -0.860. The molecule has 0 spiro atoms. The van der Waals surface area contributed by atoms with Crippen LogP contribution in [0.25, 0.3) is 0 Å². The molecule has 0 aromatic carbocycles. The van der Waals surface area contributed by atoms with Gasteiger partial charge >= 0.3 is 11.9 Å². The van der Waals surface area contributed by atoms with Crippen molar-refractivity contribution < 1.29 is 19.1 Å². The maximum atomic E-state index is 11.3. The number of carbonyl (C=O) groups is 2. The Morgan fingerprint density at radius 1 is 0.812 bits per heavy atom. The van der Waals surface area contributed by atoms with E-state index < -0.39 is 23.0 Å². The van der Waals surface area contributed by atoms with Crippen LogP contribution in [0.2, 0.25) is 0 Å². The molecule has 6 nitrogen and oxygen atoms in total.